The number of nitrogens with one attached hydrogen (secondary N) is 5. The van der Waals surface area contributed by atoms with E-state index in [9.17, 15) is 24.9 Å². The number of carbonyl (C=O) groups excluding carboxylic acids is 2. The summed E-state index contributed by atoms with van der Waals surface area (Å²) in [7, 11) is 0. The molecular weight excluding hydrogens is 747 g/mol. The topological polar surface area (TPSA) is 173 Å². The molecule has 3 aliphatic carbocycles. The van der Waals surface area contributed by atoms with Gasteiger partial charge in [-0.05, 0) is 149 Å². The van der Waals surface area contributed by atoms with Crippen molar-refractivity contribution in [2.45, 2.75) is 200 Å². The Bertz CT molecular complexity index is 1370. The largest absolute Gasteiger partial charge is 0.460 e. The van der Waals surface area contributed by atoms with Gasteiger partial charge < -0.3 is 40.7 Å². The molecule has 0 aromatic rings. The molecule has 1 aliphatic heterocycles. The van der Waals surface area contributed by atoms with Crippen LogP contribution in [0.1, 0.15) is 139 Å². The number of rotatable bonds is 24. The van der Waals surface area contributed by atoms with E-state index in [4.69, 9.17) is 9.47 Å². The Hall–Kier alpha value is -2.16. The van der Waals surface area contributed by atoms with Crippen molar-refractivity contribution in [3.63, 3.8) is 0 Å². The quantitative estimate of drug-likeness (QED) is 0.0347. The molecule has 59 heavy (non-hydrogen) atoms. The molecule has 0 aromatic carbocycles. The van der Waals surface area contributed by atoms with Crippen LogP contribution in [0.4, 0.5) is 0 Å². The standard InChI is InChI=1S/C47H83N5O7/c1-10-16-34(27-41(54)59-47(7,8)9)50-45(57)42(30(2)3)52-44(56)39(23-24-40(53)58-46(4,5)6)49-29-35(22-21-32-28-48-38-20-15-14-19-36(32)38)51-43(55)37-26-33(37)25-31-17-12-11-13-18-31/h10,12,14,16-17,19,30-39,41-44,48-49,51-52,54-56H,11,13,15,18,20-29H2,1-9H3,(H,50,57). The lowest BCUT2D eigenvalue weighted by atomic mass is 9.82. The predicted molar refractivity (Wildman–Crippen MR) is 235 cm³/mol. The van der Waals surface area contributed by atoms with Crippen LogP contribution < -0.4 is 26.6 Å². The van der Waals surface area contributed by atoms with Crippen LogP contribution in [0.25, 0.3) is 0 Å². The van der Waals surface area contributed by atoms with Crippen LogP contribution in [0, 0.1) is 35.5 Å². The number of carbonyl (C=O) groups is 2. The highest BCUT2D eigenvalue weighted by Gasteiger charge is 2.44. The van der Waals surface area contributed by atoms with E-state index in [0.29, 0.717) is 36.3 Å². The molecule has 13 atom stereocenters. The fourth-order valence-corrected chi connectivity index (χ4v) is 9.30. The zero-order valence-electron chi connectivity index (χ0n) is 37.9. The molecule has 1 heterocycles. The normalized spacial score (nSPS) is 28.2. The molecule has 4 rings (SSSR count). The second kappa shape index (κ2) is 23.3. The van der Waals surface area contributed by atoms with Crippen molar-refractivity contribution in [3.05, 3.63) is 36.5 Å². The van der Waals surface area contributed by atoms with E-state index >= 15 is 0 Å². The zero-order chi connectivity index (χ0) is 43.3. The molecule has 1 amide bonds. The molecule has 13 unspecified atom stereocenters. The van der Waals surface area contributed by atoms with Crippen LogP contribution in [0.15, 0.2) is 36.5 Å². The van der Waals surface area contributed by atoms with E-state index in [2.05, 4.69) is 50.9 Å². The summed E-state index contributed by atoms with van der Waals surface area (Å²) >= 11 is 0. The number of hydrogen-bond acceptors (Lipinski definition) is 11. The number of aliphatic hydroxyl groups excluding tert-OH is 3. The average Bonchev–Trinajstić information content (AvgIpc) is 3.79. The van der Waals surface area contributed by atoms with Crippen LogP contribution in [0.2, 0.25) is 0 Å². The Kier molecular flexibility index (Phi) is 19.6. The number of ether oxygens (including phenoxy) is 2. The van der Waals surface area contributed by atoms with Crippen LogP contribution in [-0.2, 0) is 19.1 Å². The third kappa shape index (κ3) is 17.6. The zero-order valence-corrected chi connectivity index (χ0v) is 37.9. The SMILES string of the molecule is CC=CC(CC(O)OC(C)(C)C)NC(=O)C(NC(O)C(CCC(=O)OC(C)(C)C)NCC(CCC1CNC2CCC=CC12)NC(O)C1CC1CC1C=CCCC1)C(C)C. The average molecular weight is 830 g/mol. The summed E-state index contributed by atoms with van der Waals surface area (Å²) in [5.41, 5.74) is -1.20. The highest BCUT2D eigenvalue weighted by atomic mass is 16.6. The number of esters is 1. The smallest absolute Gasteiger partial charge is 0.306 e. The van der Waals surface area contributed by atoms with Crippen molar-refractivity contribution >= 4 is 11.9 Å². The van der Waals surface area contributed by atoms with Crippen LogP contribution in [-0.4, -0.2) is 100 Å². The molecule has 12 nitrogen and oxygen atoms in total. The van der Waals surface area contributed by atoms with E-state index < -0.39 is 48.1 Å². The van der Waals surface area contributed by atoms with Gasteiger partial charge in [-0.15, -0.1) is 0 Å². The first-order valence-corrected chi connectivity index (χ1v) is 23.0. The Labute approximate surface area is 356 Å². The highest BCUT2D eigenvalue weighted by molar-refractivity contribution is 5.82. The fraction of sp³-hybridized carbons (Fsp3) is 0.830. The molecule has 2 fully saturated rings. The van der Waals surface area contributed by atoms with Gasteiger partial charge in [-0.1, -0.05) is 50.3 Å². The van der Waals surface area contributed by atoms with Gasteiger partial charge in [0.05, 0.1) is 17.7 Å². The molecule has 0 radical (unpaired) electrons. The minimum absolute atomic E-state index is 0.0739. The Balaban J connectivity index is 1.46. The summed E-state index contributed by atoms with van der Waals surface area (Å²) < 4.78 is 11.3. The van der Waals surface area contributed by atoms with Crippen LogP contribution in [0.5, 0.6) is 0 Å². The minimum atomic E-state index is -1.19. The lowest BCUT2D eigenvalue weighted by Crippen LogP contribution is -2.59. The molecule has 0 aromatic heterocycles. The first-order valence-electron chi connectivity index (χ1n) is 23.0. The maximum Gasteiger partial charge on any atom is 0.306 e. The van der Waals surface area contributed by atoms with Crippen molar-refractivity contribution in [1.29, 1.82) is 0 Å². The van der Waals surface area contributed by atoms with Crippen LogP contribution in [0.3, 0.4) is 0 Å². The maximum absolute atomic E-state index is 13.9. The van der Waals surface area contributed by atoms with Crippen molar-refractivity contribution in [3.8, 4) is 0 Å². The first-order chi connectivity index (χ1) is 27.8. The summed E-state index contributed by atoms with van der Waals surface area (Å²) in [6, 6.07) is -1.45. The third-order valence-corrected chi connectivity index (χ3v) is 12.4. The van der Waals surface area contributed by atoms with Gasteiger partial charge >= 0.3 is 5.97 Å². The van der Waals surface area contributed by atoms with Gasteiger partial charge in [0.15, 0.2) is 6.29 Å². The van der Waals surface area contributed by atoms with Crippen molar-refractivity contribution in [2.24, 2.45) is 35.5 Å². The summed E-state index contributed by atoms with van der Waals surface area (Å²) in [5, 5.41) is 51.2. The number of amides is 1. The van der Waals surface area contributed by atoms with Gasteiger partial charge in [0.1, 0.15) is 18.1 Å². The van der Waals surface area contributed by atoms with Crippen molar-refractivity contribution in [2.75, 3.05) is 13.1 Å². The van der Waals surface area contributed by atoms with Gasteiger partial charge in [0.2, 0.25) is 5.91 Å². The number of aliphatic hydroxyl groups is 3. The molecular formula is C47H83N5O7. The van der Waals surface area contributed by atoms with E-state index in [1.54, 1.807) is 0 Å². The lowest BCUT2D eigenvalue weighted by molar-refractivity contribution is -0.170. The lowest BCUT2D eigenvalue weighted by Gasteiger charge is -2.33. The molecule has 0 spiro atoms. The van der Waals surface area contributed by atoms with Gasteiger partial charge in [-0.2, -0.15) is 0 Å². The van der Waals surface area contributed by atoms with E-state index in [-0.39, 0.29) is 49.0 Å². The summed E-state index contributed by atoms with van der Waals surface area (Å²) in [4.78, 5) is 26.8. The molecule has 8 N–H and O–H groups in total. The maximum atomic E-state index is 13.9. The van der Waals surface area contributed by atoms with Gasteiger partial charge in [0.25, 0.3) is 0 Å². The van der Waals surface area contributed by atoms with Crippen molar-refractivity contribution in [1.82, 2.24) is 26.6 Å². The van der Waals surface area contributed by atoms with Gasteiger partial charge in [-0.3, -0.25) is 20.2 Å². The summed E-state index contributed by atoms with van der Waals surface area (Å²) in [5.74, 6) is 1.50. The Morgan fingerprint density at radius 2 is 1.69 bits per heavy atom. The molecule has 1 saturated carbocycles. The van der Waals surface area contributed by atoms with Crippen molar-refractivity contribution < 1.29 is 34.4 Å². The third-order valence-electron chi connectivity index (χ3n) is 12.4. The molecule has 0 bridgehead atoms. The Morgan fingerprint density at radius 3 is 2.36 bits per heavy atom. The van der Waals surface area contributed by atoms with Crippen LogP contribution >= 0.6 is 0 Å². The fourth-order valence-electron chi connectivity index (χ4n) is 9.30. The van der Waals surface area contributed by atoms with Gasteiger partial charge in [0, 0.05) is 43.4 Å². The Morgan fingerprint density at radius 1 is 0.949 bits per heavy atom. The number of allylic oxidation sites excluding steroid dienone is 4. The molecule has 1 saturated heterocycles. The minimum Gasteiger partial charge on any atom is -0.460 e. The molecule has 4 aliphatic rings. The van der Waals surface area contributed by atoms with E-state index in [1.807, 2.05) is 74.5 Å². The van der Waals surface area contributed by atoms with Gasteiger partial charge in [-0.25, -0.2) is 0 Å². The predicted octanol–water partition coefficient (Wildman–Crippen LogP) is 5.58. The number of hydrogen-bond donors (Lipinski definition) is 8. The second-order valence-corrected chi connectivity index (χ2v) is 20.3. The number of fused-ring (bicyclic) bond motifs is 1. The summed E-state index contributed by atoms with van der Waals surface area (Å²) in [6.45, 7) is 18.2. The first kappa shape index (κ1) is 49.5. The highest BCUT2D eigenvalue weighted by Crippen LogP contribution is 2.46. The van der Waals surface area contributed by atoms with E-state index in [1.165, 1.54) is 25.7 Å². The van der Waals surface area contributed by atoms with E-state index in [0.717, 1.165) is 38.6 Å². The molecule has 338 valence electrons. The second-order valence-electron chi connectivity index (χ2n) is 20.3. The summed E-state index contributed by atoms with van der Waals surface area (Å²) in [6.07, 6.45) is 20.5. The monoisotopic (exact) mass is 830 g/mol. The molecule has 12 heteroatoms.